The van der Waals surface area contributed by atoms with Gasteiger partial charge in [0.2, 0.25) is 0 Å². The van der Waals surface area contributed by atoms with Gasteiger partial charge < -0.3 is 19.9 Å². The molecule has 26 heavy (non-hydrogen) atoms. The minimum atomic E-state index is -0.401. The molecule has 0 radical (unpaired) electrons. The zero-order valence-corrected chi connectivity index (χ0v) is 15.6. The second-order valence-electron chi connectivity index (χ2n) is 5.47. The van der Waals surface area contributed by atoms with Crippen LogP contribution in [0, 0.1) is 6.92 Å². The summed E-state index contributed by atoms with van der Waals surface area (Å²) in [6.45, 7) is 5.19. The molecule has 0 bridgehead atoms. The monoisotopic (exact) mass is 374 g/mol. The minimum Gasteiger partial charge on any atom is -0.506 e. The fourth-order valence-corrected chi connectivity index (χ4v) is 2.41. The molecule has 0 aliphatic heterocycles. The fourth-order valence-electron chi connectivity index (χ4n) is 2.21. The first-order valence-corrected chi connectivity index (χ1v) is 8.63. The van der Waals surface area contributed by atoms with Gasteiger partial charge in [-0.05, 0) is 55.9 Å². The average molecular weight is 374 g/mol. The van der Waals surface area contributed by atoms with Crippen molar-refractivity contribution in [1.82, 2.24) is 5.32 Å². The first-order chi connectivity index (χ1) is 12.5. The normalized spacial score (nSPS) is 10.2. The number of rotatable bonds is 7. The van der Waals surface area contributed by atoms with Gasteiger partial charge in [-0.1, -0.05) is 18.2 Å². The summed E-state index contributed by atoms with van der Waals surface area (Å²) < 4.78 is 10.8. The summed E-state index contributed by atoms with van der Waals surface area (Å²) in [5.41, 5.74) is 1.74. The lowest BCUT2D eigenvalue weighted by atomic mass is 10.2. The highest BCUT2D eigenvalue weighted by molar-refractivity contribution is 7.80. The van der Waals surface area contributed by atoms with Crippen LogP contribution in [0.1, 0.15) is 22.8 Å². The van der Waals surface area contributed by atoms with E-state index < -0.39 is 5.91 Å². The average Bonchev–Trinajstić information content (AvgIpc) is 2.62. The Hall–Kier alpha value is -2.64. The highest BCUT2D eigenvalue weighted by Gasteiger charge is 2.14. The van der Waals surface area contributed by atoms with Gasteiger partial charge in [-0.2, -0.15) is 0 Å². The second-order valence-corrected chi connectivity index (χ2v) is 5.88. The summed E-state index contributed by atoms with van der Waals surface area (Å²) in [7, 11) is 0. The molecule has 0 atom stereocenters. The van der Waals surface area contributed by atoms with Crippen molar-refractivity contribution in [3.05, 3.63) is 53.6 Å². The molecule has 0 fully saturated rings. The van der Waals surface area contributed by atoms with Crippen molar-refractivity contribution in [3.8, 4) is 11.5 Å². The molecule has 2 aromatic carbocycles. The quantitative estimate of drug-likeness (QED) is 0.392. The molecule has 0 aliphatic carbocycles. The van der Waals surface area contributed by atoms with E-state index in [1.165, 1.54) is 0 Å². The van der Waals surface area contributed by atoms with Crippen LogP contribution in [0.4, 0.5) is 5.69 Å². The zero-order valence-electron chi connectivity index (χ0n) is 14.7. The lowest BCUT2D eigenvalue weighted by molar-refractivity contribution is 0.0958. The number of aryl methyl sites for hydroxylation is 1. The van der Waals surface area contributed by atoms with Crippen molar-refractivity contribution >= 4 is 28.9 Å². The van der Waals surface area contributed by atoms with Gasteiger partial charge in [0.1, 0.15) is 18.1 Å². The molecular weight excluding hydrogens is 352 g/mol. The number of thiocarbonyl (C=S) groups is 1. The standard InChI is InChI=1S/C19H22N2O4S/c1-3-24-10-11-25-17-7-5-4-6-14(17)18(23)21-19(26)20-15-12-13(2)8-9-16(15)22/h4-9,12,22H,3,10-11H2,1-2H3,(H2,20,21,23,26). The number of amides is 1. The molecule has 3 N–H and O–H groups in total. The van der Waals surface area contributed by atoms with Crippen molar-refractivity contribution in [2.24, 2.45) is 0 Å². The SMILES string of the molecule is CCOCCOc1ccccc1C(=O)NC(=S)Nc1cc(C)ccc1O. The van der Waals surface area contributed by atoms with E-state index in [1.807, 2.05) is 13.8 Å². The van der Waals surface area contributed by atoms with Gasteiger partial charge in [0.05, 0.1) is 17.9 Å². The Bertz CT molecular complexity index is 780. The number of nitrogens with one attached hydrogen (secondary N) is 2. The molecule has 0 spiro atoms. The van der Waals surface area contributed by atoms with Crippen LogP contribution in [0.15, 0.2) is 42.5 Å². The van der Waals surface area contributed by atoms with E-state index in [0.717, 1.165) is 5.56 Å². The predicted octanol–water partition coefficient (Wildman–Crippen LogP) is 3.24. The maximum Gasteiger partial charge on any atom is 0.261 e. The number of hydrogen-bond donors (Lipinski definition) is 3. The van der Waals surface area contributed by atoms with Crippen molar-refractivity contribution < 1.29 is 19.4 Å². The summed E-state index contributed by atoms with van der Waals surface area (Å²) in [5, 5.41) is 15.3. The highest BCUT2D eigenvalue weighted by Crippen LogP contribution is 2.24. The third-order valence-corrected chi connectivity index (χ3v) is 3.65. The van der Waals surface area contributed by atoms with Gasteiger partial charge in [0, 0.05) is 6.61 Å². The first kappa shape index (κ1) is 19.7. The van der Waals surface area contributed by atoms with E-state index in [4.69, 9.17) is 21.7 Å². The second kappa shape index (κ2) is 9.74. The fraction of sp³-hybridized carbons (Fsp3) is 0.263. The van der Waals surface area contributed by atoms with Crippen molar-refractivity contribution in [2.45, 2.75) is 13.8 Å². The summed E-state index contributed by atoms with van der Waals surface area (Å²) in [4.78, 5) is 12.5. The minimum absolute atomic E-state index is 0.0480. The summed E-state index contributed by atoms with van der Waals surface area (Å²) in [5.74, 6) is 0.0967. The molecule has 0 aromatic heterocycles. The molecule has 0 saturated heterocycles. The van der Waals surface area contributed by atoms with E-state index in [1.54, 1.807) is 42.5 Å². The van der Waals surface area contributed by atoms with E-state index in [0.29, 0.717) is 36.8 Å². The predicted molar refractivity (Wildman–Crippen MR) is 105 cm³/mol. The molecule has 0 aliphatic rings. The molecule has 138 valence electrons. The Morgan fingerprint density at radius 3 is 2.73 bits per heavy atom. The number of phenols is 1. The zero-order chi connectivity index (χ0) is 18.9. The van der Waals surface area contributed by atoms with Crippen molar-refractivity contribution in [2.75, 3.05) is 25.1 Å². The van der Waals surface area contributed by atoms with Crippen molar-refractivity contribution in [1.29, 1.82) is 0 Å². The van der Waals surface area contributed by atoms with Crippen LogP contribution in [0.25, 0.3) is 0 Å². The topological polar surface area (TPSA) is 79.8 Å². The number of anilines is 1. The maximum absolute atomic E-state index is 12.5. The number of para-hydroxylation sites is 1. The maximum atomic E-state index is 12.5. The van der Waals surface area contributed by atoms with Crippen LogP contribution in [0.3, 0.4) is 0 Å². The molecule has 0 heterocycles. The molecule has 7 heteroatoms. The lowest BCUT2D eigenvalue weighted by Gasteiger charge is -2.14. The van der Waals surface area contributed by atoms with Gasteiger partial charge in [-0.15, -0.1) is 0 Å². The van der Waals surface area contributed by atoms with Crippen LogP contribution >= 0.6 is 12.2 Å². The van der Waals surface area contributed by atoms with E-state index >= 15 is 0 Å². The van der Waals surface area contributed by atoms with Crippen LogP contribution in [0.5, 0.6) is 11.5 Å². The number of aromatic hydroxyl groups is 1. The van der Waals surface area contributed by atoms with Gasteiger partial charge in [0.15, 0.2) is 5.11 Å². The van der Waals surface area contributed by atoms with E-state index in [2.05, 4.69) is 10.6 Å². The molecule has 2 rings (SSSR count). The number of benzene rings is 2. The Balaban J connectivity index is 2.00. The molecule has 1 amide bonds. The molecule has 2 aromatic rings. The Morgan fingerprint density at radius 1 is 1.19 bits per heavy atom. The number of carbonyl (C=O) groups excluding carboxylic acids is 1. The van der Waals surface area contributed by atoms with Gasteiger partial charge in [0.25, 0.3) is 5.91 Å². The third-order valence-electron chi connectivity index (χ3n) is 3.45. The lowest BCUT2D eigenvalue weighted by Crippen LogP contribution is -2.34. The summed E-state index contributed by atoms with van der Waals surface area (Å²) in [6, 6.07) is 12.0. The third kappa shape index (κ3) is 5.72. The van der Waals surface area contributed by atoms with Gasteiger partial charge >= 0.3 is 0 Å². The molecular formula is C19H22N2O4S. The number of ether oxygens (including phenoxy) is 2. The van der Waals surface area contributed by atoms with Crippen LogP contribution < -0.4 is 15.4 Å². The summed E-state index contributed by atoms with van der Waals surface area (Å²) in [6.07, 6.45) is 0. The smallest absolute Gasteiger partial charge is 0.261 e. The molecule has 0 saturated carbocycles. The Kier molecular flexibility index (Phi) is 7.37. The Morgan fingerprint density at radius 2 is 1.96 bits per heavy atom. The number of phenolic OH excluding ortho intramolecular Hbond substituents is 1. The highest BCUT2D eigenvalue weighted by atomic mass is 32.1. The van der Waals surface area contributed by atoms with Crippen molar-refractivity contribution in [3.63, 3.8) is 0 Å². The van der Waals surface area contributed by atoms with E-state index in [9.17, 15) is 9.90 Å². The summed E-state index contributed by atoms with van der Waals surface area (Å²) >= 11 is 5.17. The van der Waals surface area contributed by atoms with Gasteiger partial charge in [-0.3, -0.25) is 10.1 Å². The van der Waals surface area contributed by atoms with Gasteiger partial charge in [-0.25, -0.2) is 0 Å². The molecule has 6 nitrogen and oxygen atoms in total. The number of carbonyl (C=O) groups is 1. The van der Waals surface area contributed by atoms with Crippen LogP contribution in [-0.4, -0.2) is 35.9 Å². The Labute approximate surface area is 158 Å². The first-order valence-electron chi connectivity index (χ1n) is 8.22. The van der Waals surface area contributed by atoms with Crippen LogP contribution in [-0.2, 0) is 4.74 Å². The molecule has 0 unspecified atom stereocenters. The largest absolute Gasteiger partial charge is 0.506 e. The van der Waals surface area contributed by atoms with E-state index in [-0.39, 0.29) is 10.9 Å². The number of hydrogen-bond acceptors (Lipinski definition) is 5. The van der Waals surface area contributed by atoms with Crippen LogP contribution in [0.2, 0.25) is 0 Å².